The van der Waals surface area contributed by atoms with Gasteiger partial charge in [-0.3, -0.25) is 9.59 Å². The van der Waals surface area contributed by atoms with Crippen molar-refractivity contribution in [1.29, 1.82) is 0 Å². The SMILES string of the molecule is CC1CCC(=O)N1c1ccc(NC(=O)CCCc2cccs2)cc1. The molecule has 1 aliphatic heterocycles. The lowest BCUT2D eigenvalue weighted by atomic mass is 10.2. The van der Waals surface area contributed by atoms with Crippen LogP contribution in [-0.2, 0) is 16.0 Å². The van der Waals surface area contributed by atoms with Crippen LogP contribution in [-0.4, -0.2) is 17.9 Å². The van der Waals surface area contributed by atoms with Crippen molar-refractivity contribution >= 4 is 34.5 Å². The molecule has 126 valence electrons. The van der Waals surface area contributed by atoms with Gasteiger partial charge in [0.25, 0.3) is 0 Å². The van der Waals surface area contributed by atoms with E-state index < -0.39 is 0 Å². The maximum atomic E-state index is 12.0. The number of anilines is 2. The van der Waals surface area contributed by atoms with E-state index in [4.69, 9.17) is 0 Å². The summed E-state index contributed by atoms with van der Waals surface area (Å²) in [6.07, 6.45) is 3.83. The molecular formula is C19H22N2O2S. The van der Waals surface area contributed by atoms with Gasteiger partial charge >= 0.3 is 0 Å². The van der Waals surface area contributed by atoms with Gasteiger partial charge in [0.2, 0.25) is 11.8 Å². The van der Waals surface area contributed by atoms with Crippen molar-refractivity contribution in [3.05, 3.63) is 46.7 Å². The number of hydrogen-bond acceptors (Lipinski definition) is 3. The van der Waals surface area contributed by atoms with Crippen LogP contribution >= 0.6 is 11.3 Å². The Morgan fingerprint density at radius 3 is 2.71 bits per heavy atom. The predicted octanol–water partition coefficient (Wildman–Crippen LogP) is 4.22. The first-order valence-electron chi connectivity index (χ1n) is 8.38. The number of hydrogen-bond donors (Lipinski definition) is 1. The number of nitrogens with zero attached hydrogens (tertiary/aromatic N) is 1. The first kappa shape index (κ1) is 16.7. The standard InChI is InChI=1S/C19H22N2O2S/c1-14-7-12-19(23)21(14)16-10-8-15(9-11-16)20-18(22)6-2-4-17-5-3-13-24-17/h3,5,8-11,13-14H,2,4,6-7,12H2,1H3,(H,20,22). The minimum Gasteiger partial charge on any atom is -0.326 e. The molecule has 4 nitrogen and oxygen atoms in total. The van der Waals surface area contributed by atoms with Crippen LogP contribution in [0.4, 0.5) is 11.4 Å². The molecule has 2 aromatic rings. The maximum absolute atomic E-state index is 12.0. The number of benzene rings is 1. The Kier molecular flexibility index (Phi) is 5.30. The molecule has 0 radical (unpaired) electrons. The van der Waals surface area contributed by atoms with Gasteiger partial charge in [0, 0.05) is 35.1 Å². The normalized spacial score (nSPS) is 17.3. The molecular weight excluding hydrogens is 320 g/mol. The van der Waals surface area contributed by atoms with Crippen LogP contribution < -0.4 is 10.2 Å². The van der Waals surface area contributed by atoms with Crippen LogP contribution in [0.3, 0.4) is 0 Å². The van der Waals surface area contributed by atoms with Gasteiger partial charge in [0.1, 0.15) is 0 Å². The van der Waals surface area contributed by atoms with E-state index in [9.17, 15) is 9.59 Å². The Morgan fingerprint density at radius 2 is 2.08 bits per heavy atom. The molecule has 1 saturated heterocycles. The molecule has 1 aliphatic rings. The van der Waals surface area contributed by atoms with Crippen molar-refractivity contribution in [3.63, 3.8) is 0 Å². The maximum Gasteiger partial charge on any atom is 0.227 e. The molecule has 2 amide bonds. The lowest BCUT2D eigenvalue weighted by Gasteiger charge is -2.21. The molecule has 3 rings (SSSR count). The van der Waals surface area contributed by atoms with E-state index in [1.165, 1.54) is 4.88 Å². The largest absolute Gasteiger partial charge is 0.326 e. The molecule has 1 unspecified atom stereocenters. The second kappa shape index (κ2) is 7.62. The summed E-state index contributed by atoms with van der Waals surface area (Å²) >= 11 is 1.73. The molecule has 1 N–H and O–H groups in total. The third-order valence-electron chi connectivity index (χ3n) is 4.32. The summed E-state index contributed by atoms with van der Waals surface area (Å²) in [4.78, 5) is 27.1. The highest BCUT2D eigenvalue weighted by Gasteiger charge is 2.28. The minimum absolute atomic E-state index is 0.0323. The summed E-state index contributed by atoms with van der Waals surface area (Å²) < 4.78 is 0. The van der Waals surface area contributed by atoms with Crippen molar-refractivity contribution in [2.24, 2.45) is 0 Å². The first-order chi connectivity index (χ1) is 11.6. The van der Waals surface area contributed by atoms with Gasteiger partial charge in [0.05, 0.1) is 0 Å². The molecule has 0 aliphatic carbocycles. The summed E-state index contributed by atoms with van der Waals surface area (Å²) in [6.45, 7) is 2.06. The fourth-order valence-electron chi connectivity index (χ4n) is 3.03. The highest BCUT2D eigenvalue weighted by molar-refractivity contribution is 7.09. The lowest BCUT2D eigenvalue weighted by Crippen LogP contribution is -2.30. The Bertz CT molecular complexity index is 695. The van der Waals surface area contributed by atoms with Crippen LogP contribution in [0.25, 0.3) is 0 Å². The monoisotopic (exact) mass is 342 g/mol. The molecule has 1 atom stereocenters. The number of amides is 2. The molecule has 2 heterocycles. The smallest absolute Gasteiger partial charge is 0.227 e. The van der Waals surface area contributed by atoms with E-state index in [0.29, 0.717) is 12.8 Å². The Balaban J connectivity index is 1.50. The molecule has 1 aromatic carbocycles. The predicted molar refractivity (Wildman–Crippen MR) is 98.5 cm³/mol. The number of thiophene rings is 1. The summed E-state index contributed by atoms with van der Waals surface area (Å²) in [5.74, 6) is 0.206. The van der Waals surface area contributed by atoms with Gasteiger partial charge in [-0.25, -0.2) is 0 Å². The van der Waals surface area contributed by atoms with Crippen LogP contribution in [0.1, 0.15) is 37.5 Å². The van der Waals surface area contributed by atoms with Crippen molar-refractivity contribution in [2.45, 2.75) is 45.1 Å². The molecule has 1 aromatic heterocycles. The van der Waals surface area contributed by atoms with E-state index in [0.717, 1.165) is 30.6 Å². The van der Waals surface area contributed by atoms with E-state index >= 15 is 0 Å². The van der Waals surface area contributed by atoms with Crippen LogP contribution in [0.5, 0.6) is 0 Å². The number of aryl methyl sites for hydroxylation is 1. The highest BCUT2D eigenvalue weighted by Crippen LogP contribution is 2.27. The molecule has 0 bridgehead atoms. The first-order valence-corrected chi connectivity index (χ1v) is 9.26. The third kappa shape index (κ3) is 4.03. The molecule has 0 spiro atoms. The quantitative estimate of drug-likeness (QED) is 0.854. The van der Waals surface area contributed by atoms with E-state index in [1.54, 1.807) is 11.3 Å². The second-order valence-electron chi connectivity index (χ2n) is 6.18. The van der Waals surface area contributed by atoms with Gasteiger partial charge < -0.3 is 10.2 Å². The van der Waals surface area contributed by atoms with Gasteiger partial charge in [-0.05, 0) is 61.9 Å². The minimum atomic E-state index is 0.0323. The average molecular weight is 342 g/mol. The van der Waals surface area contributed by atoms with Gasteiger partial charge in [-0.2, -0.15) is 0 Å². The number of carbonyl (C=O) groups excluding carboxylic acids is 2. The van der Waals surface area contributed by atoms with E-state index in [2.05, 4.69) is 23.7 Å². The zero-order chi connectivity index (χ0) is 16.9. The fourth-order valence-corrected chi connectivity index (χ4v) is 3.78. The number of rotatable bonds is 6. The van der Waals surface area contributed by atoms with Crippen LogP contribution in [0, 0.1) is 0 Å². The molecule has 24 heavy (non-hydrogen) atoms. The average Bonchev–Trinajstić information content (AvgIpc) is 3.19. The van der Waals surface area contributed by atoms with Crippen molar-refractivity contribution in [3.8, 4) is 0 Å². The van der Waals surface area contributed by atoms with E-state index in [1.807, 2.05) is 35.2 Å². The van der Waals surface area contributed by atoms with Crippen molar-refractivity contribution in [1.82, 2.24) is 0 Å². The van der Waals surface area contributed by atoms with Crippen molar-refractivity contribution in [2.75, 3.05) is 10.2 Å². The van der Waals surface area contributed by atoms with Crippen molar-refractivity contribution < 1.29 is 9.59 Å². The zero-order valence-electron chi connectivity index (χ0n) is 13.8. The zero-order valence-corrected chi connectivity index (χ0v) is 14.6. The summed E-state index contributed by atoms with van der Waals surface area (Å²) in [7, 11) is 0. The van der Waals surface area contributed by atoms with Crippen LogP contribution in [0.2, 0.25) is 0 Å². The van der Waals surface area contributed by atoms with E-state index in [-0.39, 0.29) is 17.9 Å². The van der Waals surface area contributed by atoms with Crippen LogP contribution in [0.15, 0.2) is 41.8 Å². The molecule has 5 heteroatoms. The summed E-state index contributed by atoms with van der Waals surface area (Å²) in [6, 6.07) is 11.9. The Hall–Kier alpha value is -2.14. The lowest BCUT2D eigenvalue weighted by molar-refractivity contribution is -0.117. The summed E-state index contributed by atoms with van der Waals surface area (Å²) in [5.41, 5.74) is 1.68. The Labute approximate surface area is 146 Å². The summed E-state index contributed by atoms with van der Waals surface area (Å²) in [5, 5.41) is 4.98. The number of carbonyl (C=O) groups is 2. The topological polar surface area (TPSA) is 49.4 Å². The third-order valence-corrected chi connectivity index (χ3v) is 5.26. The van der Waals surface area contributed by atoms with Gasteiger partial charge in [-0.1, -0.05) is 6.07 Å². The second-order valence-corrected chi connectivity index (χ2v) is 7.21. The fraction of sp³-hybridized carbons (Fsp3) is 0.368. The molecule has 0 saturated carbocycles. The van der Waals surface area contributed by atoms with Gasteiger partial charge in [-0.15, -0.1) is 11.3 Å². The number of nitrogens with one attached hydrogen (secondary N) is 1. The van der Waals surface area contributed by atoms with Gasteiger partial charge in [0.15, 0.2) is 0 Å². The Morgan fingerprint density at radius 1 is 1.29 bits per heavy atom. The molecule has 1 fully saturated rings. The highest BCUT2D eigenvalue weighted by atomic mass is 32.1.